The van der Waals surface area contributed by atoms with Gasteiger partial charge in [0.2, 0.25) is 0 Å². The first-order chi connectivity index (χ1) is 13.7. The largest absolute Gasteiger partial charge is 0.421 e. The smallest absolute Gasteiger partial charge is 0.309 e. The van der Waals surface area contributed by atoms with Gasteiger partial charge in [0, 0.05) is 17.6 Å². The number of cyclic esters (lactones) is 2. The fraction of sp³-hybridized carbons (Fsp3) is 0.652. The molecule has 28 heavy (non-hydrogen) atoms. The van der Waals surface area contributed by atoms with E-state index >= 15 is 0 Å². The molecule has 5 nitrogen and oxygen atoms in total. The lowest BCUT2D eigenvalue weighted by Gasteiger charge is -2.30. The normalized spacial score (nSPS) is 22.4. The molecule has 154 valence electrons. The average Bonchev–Trinajstić information content (AvgIpc) is 2.91. The number of ether oxygens (including phenoxy) is 2. The van der Waals surface area contributed by atoms with Crippen molar-refractivity contribution in [1.29, 1.82) is 0 Å². The Morgan fingerprint density at radius 1 is 0.679 bits per heavy atom. The molecule has 0 aromatic heterocycles. The Morgan fingerprint density at radius 3 is 1.61 bits per heavy atom. The van der Waals surface area contributed by atoms with Crippen LogP contribution in [0.1, 0.15) is 88.9 Å². The first-order valence-corrected chi connectivity index (χ1v) is 10.9. The lowest BCUT2D eigenvalue weighted by atomic mass is 9.91. The molecule has 2 aliphatic carbocycles. The molecule has 1 saturated heterocycles. The van der Waals surface area contributed by atoms with Gasteiger partial charge in [0.15, 0.2) is 0 Å². The van der Waals surface area contributed by atoms with Crippen LogP contribution in [0, 0.1) is 0 Å². The molecule has 0 radical (unpaired) electrons. The molecule has 0 amide bonds. The van der Waals surface area contributed by atoms with Crippen LogP contribution in [0.4, 0.5) is 0 Å². The van der Waals surface area contributed by atoms with Crippen LogP contribution in [0.3, 0.4) is 0 Å². The van der Waals surface area contributed by atoms with Crippen molar-refractivity contribution in [3.63, 3.8) is 0 Å². The van der Waals surface area contributed by atoms with Crippen molar-refractivity contribution in [2.24, 2.45) is 0 Å². The zero-order chi connectivity index (χ0) is 19.6. The molecule has 0 unspecified atom stereocenters. The van der Waals surface area contributed by atoms with Crippen molar-refractivity contribution < 1.29 is 19.1 Å². The Kier molecular flexibility index (Phi) is 8.34. The van der Waals surface area contributed by atoms with Crippen molar-refractivity contribution in [2.75, 3.05) is 0 Å². The van der Waals surface area contributed by atoms with E-state index in [-0.39, 0.29) is 12.8 Å². The van der Waals surface area contributed by atoms with Gasteiger partial charge < -0.3 is 14.8 Å². The van der Waals surface area contributed by atoms with Gasteiger partial charge in [0.1, 0.15) is 0 Å². The van der Waals surface area contributed by atoms with E-state index in [0.717, 1.165) is 12.1 Å². The van der Waals surface area contributed by atoms with Crippen LogP contribution >= 0.6 is 0 Å². The third-order valence-electron chi connectivity index (χ3n) is 5.76. The van der Waals surface area contributed by atoms with Crippen LogP contribution in [-0.2, 0) is 19.1 Å². The van der Waals surface area contributed by atoms with E-state index in [1.807, 2.05) is 6.07 Å². The number of hydrogen-bond acceptors (Lipinski definition) is 5. The number of esters is 2. The predicted molar refractivity (Wildman–Crippen MR) is 107 cm³/mol. The van der Waals surface area contributed by atoms with Crippen LogP contribution in [-0.4, -0.2) is 24.0 Å². The summed E-state index contributed by atoms with van der Waals surface area (Å²) < 4.78 is 9.97. The Bertz CT molecular complexity index is 572. The Hall–Kier alpha value is -1.88. The van der Waals surface area contributed by atoms with Crippen LogP contribution in [0.5, 0.6) is 0 Å². The second-order valence-corrected chi connectivity index (χ2v) is 8.06. The highest BCUT2D eigenvalue weighted by Gasteiger charge is 2.25. The van der Waals surface area contributed by atoms with Gasteiger partial charge in [-0.1, -0.05) is 68.9 Å². The van der Waals surface area contributed by atoms with Crippen LogP contribution in [0.25, 0.3) is 0 Å². The molecular weight excluding hydrogens is 354 g/mol. The zero-order valence-corrected chi connectivity index (χ0v) is 16.7. The fourth-order valence-corrected chi connectivity index (χ4v) is 4.20. The molecule has 0 spiro atoms. The molecule has 1 aromatic carbocycles. The summed E-state index contributed by atoms with van der Waals surface area (Å²) in [5.41, 5.74) is 0.668. The van der Waals surface area contributed by atoms with E-state index in [9.17, 15) is 9.59 Å². The molecule has 3 fully saturated rings. The minimum Gasteiger partial charge on any atom is -0.421 e. The van der Waals surface area contributed by atoms with Gasteiger partial charge in [-0.25, -0.2) is 0 Å². The first-order valence-electron chi connectivity index (χ1n) is 10.9. The Labute approximate surface area is 168 Å². The van der Waals surface area contributed by atoms with E-state index in [1.54, 1.807) is 24.3 Å². The van der Waals surface area contributed by atoms with E-state index in [2.05, 4.69) is 5.32 Å². The topological polar surface area (TPSA) is 64.6 Å². The van der Waals surface area contributed by atoms with Gasteiger partial charge in [-0.3, -0.25) is 9.59 Å². The molecule has 1 aliphatic heterocycles. The summed E-state index contributed by atoms with van der Waals surface area (Å²) in [5.74, 6) is -0.815. The second kappa shape index (κ2) is 11.2. The maximum absolute atomic E-state index is 11.2. The number of nitrogens with one attached hydrogen (secondary N) is 1. The van der Waals surface area contributed by atoms with Crippen LogP contribution in [0.2, 0.25) is 0 Å². The van der Waals surface area contributed by atoms with Gasteiger partial charge in [0.25, 0.3) is 6.29 Å². The lowest BCUT2D eigenvalue weighted by molar-refractivity contribution is -0.182. The van der Waals surface area contributed by atoms with E-state index < -0.39 is 18.2 Å². The highest BCUT2D eigenvalue weighted by Crippen LogP contribution is 2.24. The number of hydrogen-bond donors (Lipinski definition) is 1. The third kappa shape index (κ3) is 6.93. The summed E-state index contributed by atoms with van der Waals surface area (Å²) in [5, 5.41) is 3.86. The molecule has 2 saturated carbocycles. The predicted octanol–water partition coefficient (Wildman–Crippen LogP) is 4.81. The Morgan fingerprint density at radius 2 is 1.14 bits per heavy atom. The van der Waals surface area contributed by atoms with Gasteiger partial charge in [-0.15, -0.1) is 0 Å². The Balaban J connectivity index is 0.000000162. The van der Waals surface area contributed by atoms with Crippen LogP contribution < -0.4 is 5.32 Å². The van der Waals surface area contributed by atoms with Crippen LogP contribution in [0.15, 0.2) is 30.3 Å². The summed E-state index contributed by atoms with van der Waals surface area (Å²) in [4.78, 5) is 22.3. The molecular formula is C23H33NO4. The van der Waals surface area contributed by atoms with Crippen molar-refractivity contribution in [1.82, 2.24) is 5.32 Å². The second-order valence-electron chi connectivity index (χ2n) is 8.06. The standard InChI is InChI=1S/C12H23N.C11H10O4/c1-3-7-11(8-4-1)13-12-9-5-2-6-10-12;12-9-6-7-10(13)15-11(14-9)8-4-2-1-3-5-8/h11-13H,1-10H2;1-5,11H,6-7H2. The SMILES string of the molecule is C1CCC(NC2CCCCC2)CC1.O=C1CCC(=O)OC(c2ccccc2)O1. The lowest BCUT2D eigenvalue weighted by Crippen LogP contribution is -2.40. The maximum Gasteiger partial charge on any atom is 0.309 e. The molecule has 4 rings (SSSR count). The molecule has 3 aliphatic rings. The van der Waals surface area contributed by atoms with E-state index in [1.165, 1.54) is 64.2 Å². The minimum atomic E-state index is -0.895. The monoisotopic (exact) mass is 387 g/mol. The molecule has 0 atom stereocenters. The highest BCUT2D eigenvalue weighted by atomic mass is 16.7. The number of rotatable bonds is 3. The van der Waals surface area contributed by atoms with E-state index in [4.69, 9.17) is 9.47 Å². The molecule has 1 aromatic rings. The fourth-order valence-electron chi connectivity index (χ4n) is 4.20. The summed E-state index contributed by atoms with van der Waals surface area (Å²) in [6, 6.07) is 10.7. The average molecular weight is 388 g/mol. The van der Waals surface area contributed by atoms with Crippen molar-refractivity contribution in [2.45, 2.75) is 95.4 Å². The first kappa shape index (κ1) is 20.8. The highest BCUT2D eigenvalue weighted by molar-refractivity contribution is 5.79. The van der Waals surface area contributed by atoms with Crippen molar-refractivity contribution in [3.8, 4) is 0 Å². The number of carbonyl (C=O) groups is 2. The minimum absolute atomic E-state index is 0.0855. The molecule has 1 heterocycles. The number of benzene rings is 1. The number of carbonyl (C=O) groups excluding carboxylic acids is 2. The molecule has 0 bridgehead atoms. The van der Waals surface area contributed by atoms with Gasteiger partial charge in [-0.2, -0.15) is 0 Å². The molecule has 1 N–H and O–H groups in total. The summed E-state index contributed by atoms with van der Waals surface area (Å²) in [7, 11) is 0. The maximum atomic E-state index is 11.2. The van der Waals surface area contributed by atoms with Crippen molar-refractivity contribution in [3.05, 3.63) is 35.9 Å². The zero-order valence-electron chi connectivity index (χ0n) is 16.7. The summed E-state index contributed by atoms with van der Waals surface area (Å²) in [6.07, 6.45) is 13.8. The van der Waals surface area contributed by atoms with Gasteiger partial charge in [-0.05, 0) is 25.7 Å². The van der Waals surface area contributed by atoms with Gasteiger partial charge in [0.05, 0.1) is 12.8 Å². The van der Waals surface area contributed by atoms with E-state index in [0.29, 0.717) is 5.56 Å². The quantitative estimate of drug-likeness (QED) is 0.754. The third-order valence-corrected chi connectivity index (χ3v) is 5.76. The van der Waals surface area contributed by atoms with Crippen molar-refractivity contribution >= 4 is 11.9 Å². The van der Waals surface area contributed by atoms with Gasteiger partial charge >= 0.3 is 11.9 Å². The summed E-state index contributed by atoms with van der Waals surface area (Å²) in [6.45, 7) is 0. The molecule has 5 heteroatoms. The summed E-state index contributed by atoms with van der Waals surface area (Å²) >= 11 is 0.